The molecular formula is C24H28O4S. The fourth-order valence-corrected chi connectivity index (χ4v) is 5.24. The van der Waals surface area contributed by atoms with Crippen LogP contribution in [0.25, 0.3) is 5.57 Å². The van der Waals surface area contributed by atoms with E-state index in [0.717, 1.165) is 32.7 Å². The minimum absolute atomic E-state index is 0.0503. The molecule has 0 fully saturated rings. The van der Waals surface area contributed by atoms with Crippen LogP contribution in [0.1, 0.15) is 41.2 Å². The van der Waals surface area contributed by atoms with Gasteiger partial charge in [0.1, 0.15) is 17.4 Å². The van der Waals surface area contributed by atoms with E-state index >= 15 is 0 Å². The summed E-state index contributed by atoms with van der Waals surface area (Å²) in [5.74, 6) is -0.243. The average molecular weight is 413 g/mol. The monoisotopic (exact) mass is 412 g/mol. The third kappa shape index (κ3) is 4.61. The van der Waals surface area contributed by atoms with Crippen LogP contribution in [0.5, 0.6) is 0 Å². The maximum atomic E-state index is 12.8. The molecule has 3 unspecified atom stereocenters. The van der Waals surface area contributed by atoms with Gasteiger partial charge in [0, 0.05) is 23.0 Å². The minimum Gasteiger partial charge on any atom is -0.511 e. The standard InChI is InChI=1S/C24H28O4S/c1-14-6-8-19(9-7-14)29(27)13-18(5)21-12-20(25)23(24(26)28-21)22-16(3)10-15(2)11-17(22)4/h6-11,18,21,25H,12-13H2,1-5H3. The number of esters is 1. The van der Waals surface area contributed by atoms with Gasteiger partial charge in [0.2, 0.25) is 0 Å². The molecule has 1 aliphatic rings. The highest BCUT2D eigenvalue weighted by Crippen LogP contribution is 2.34. The third-order valence-corrected chi connectivity index (χ3v) is 7.03. The van der Waals surface area contributed by atoms with Gasteiger partial charge >= 0.3 is 5.97 Å². The molecule has 0 amide bonds. The lowest BCUT2D eigenvalue weighted by Gasteiger charge is -2.29. The van der Waals surface area contributed by atoms with E-state index in [0.29, 0.717) is 5.75 Å². The van der Waals surface area contributed by atoms with Crippen molar-refractivity contribution in [2.45, 2.75) is 52.0 Å². The molecule has 0 saturated heterocycles. The Hall–Kier alpha value is -2.40. The normalized spacial score (nSPS) is 19.1. The van der Waals surface area contributed by atoms with Gasteiger partial charge in [-0.05, 0) is 56.5 Å². The highest BCUT2D eigenvalue weighted by molar-refractivity contribution is 7.85. The quantitative estimate of drug-likeness (QED) is 0.706. The maximum Gasteiger partial charge on any atom is 0.342 e. The van der Waals surface area contributed by atoms with Gasteiger partial charge in [-0.15, -0.1) is 0 Å². The van der Waals surface area contributed by atoms with Gasteiger partial charge in [-0.3, -0.25) is 4.21 Å². The van der Waals surface area contributed by atoms with Crippen LogP contribution < -0.4 is 0 Å². The zero-order valence-electron chi connectivity index (χ0n) is 17.6. The third-order valence-electron chi connectivity index (χ3n) is 5.41. The highest BCUT2D eigenvalue weighted by Gasteiger charge is 2.35. The molecule has 1 aliphatic heterocycles. The van der Waals surface area contributed by atoms with Gasteiger partial charge in [0.05, 0.1) is 10.8 Å². The molecule has 29 heavy (non-hydrogen) atoms. The van der Waals surface area contributed by atoms with Crippen molar-refractivity contribution in [3.8, 4) is 0 Å². The van der Waals surface area contributed by atoms with Crippen molar-refractivity contribution in [1.82, 2.24) is 0 Å². The van der Waals surface area contributed by atoms with E-state index in [1.165, 1.54) is 0 Å². The first-order valence-electron chi connectivity index (χ1n) is 9.83. The Balaban J connectivity index is 1.79. The minimum atomic E-state index is -1.19. The number of benzene rings is 2. The summed E-state index contributed by atoms with van der Waals surface area (Å²) in [6.45, 7) is 9.76. The SMILES string of the molecule is Cc1ccc(S(=O)CC(C)C2CC(O)=C(c3c(C)cc(C)cc3C)C(=O)O2)cc1. The molecular weight excluding hydrogens is 384 g/mol. The second-order valence-corrected chi connectivity index (χ2v) is 9.54. The van der Waals surface area contributed by atoms with E-state index in [1.54, 1.807) is 0 Å². The van der Waals surface area contributed by atoms with Crippen LogP contribution in [0.3, 0.4) is 0 Å². The number of aryl methyl sites for hydroxylation is 4. The van der Waals surface area contributed by atoms with E-state index in [1.807, 2.05) is 71.0 Å². The zero-order valence-corrected chi connectivity index (χ0v) is 18.4. The number of cyclic esters (lactones) is 1. The number of ether oxygens (including phenoxy) is 1. The number of rotatable bonds is 5. The lowest BCUT2D eigenvalue weighted by Crippen LogP contribution is -2.33. The Morgan fingerprint density at radius 1 is 1.07 bits per heavy atom. The molecule has 2 aromatic rings. The topological polar surface area (TPSA) is 63.6 Å². The molecule has 2 aromatic carbocycles. The Kier molecular flexibility index (Phi) is 6.27. The smallest absolute Gasteiger partial charge is 0.342 e. The fourth-order valence-electron chi connectivity index (χ4n) is 3.92. The lowest BCUT2D eigenvalue weighted by atomic mass is 9.89. The van der Waals surface area contributed by atoms with Crippen molar-refractivity contribution < 1.29 is 18.8 Å². The summed E-state index contributed by atoms with van der Waals surface area (Å²) < 4.78 is 18.4. The van der Waals surface area contributed by atoms with E-state index in [-0.39, 0.29) is 23.7 Å². The molecule has 0 aliphatic carbocycles. The van der Waals surface area contributed by atoms with Crippen LogP contribution in [0.2, 0.25) is 0 Å². The highest BCUT2D eigenvalue weighted by atomic mass is 32.2. The second-order valence-electron chi connectivity index (χ2n) is 8.05. The van der Waals surface area contributed by atoms with E-state index in [2.05, 4.69) is 0 Å². The lowest BCUT2D eigenvalue weighted by molar-refractivity contribution is -0.145. The molecule has 0 saturated carbocycles. The molecule has 0 aromatic heterocycles. The number of carbonyl (C=O) groups excluding carboxylic acids is 1. The Morgan fingerprint density at radius 3 is 2.21 bits per heavy atom. The van der Waals surface area contributed by atoms with Crippen molar-refractivity contribution in [1.29, 1.82) is 0 Å². The fraction of sp³-hybridized carbons (Fsp3) is 0.375. The van der Waals surface area contributed by atoms with Crippen molar-refractivity contribution in [3.63, 3.8) is 0 Å². The molecule has 5 heteroatoms. The van der Waals surface area contributed by atoms with Crippen LogP contribution in [-0.2, 0) is 20.3 Å². The van der Waals surface area contributed by atoms with Crippen LogP contribution in [0.4, 0.5) is 0 Å². The number of aliphatic hydroxyl groups is 1. The summed E-state index contributed by atoms with van der Waals surface area (Å²) in [7, 11) is -1.19. The average Bonchev–Trinajstić information content (AvgIpc) is 2.63. The number of aliphatic hydroxyl groups excluding tert-OH is 1. The first-order valence-corrected chi connectivity index (χ1v) is 11.2. The molecule has 0 radical (unpaired) electrons. The summed E-state index contributed by atoms with van der Waals surface area (Å²) in [6, 6.07) is 11.6. The Labute approximate surface area is 175 Å². The van der Waals surface area contributed by atoms with E-state index < -0.39 is 22.9 Å². The predicted molar refractivity (Wildman–Crippen MR) is 116 cm³/mol. The first-order chi connectivity index (χ1) is 13.7. The first kappa shape index (κ1) is 21.3. The molecule has 1 N–H and O–H groups in total. The van der Waals surface area contributed by atoms with Crippen LogP contribution in [-0.4, -0.2) is 27.1 Å². The summed E-state index contributed by atoms with van der Waals surface area (Å²) >= 11 is 0. The summed E-state index contributed by atoms with van der Waals surface area (Å²) in [4.78, 5) is 13.5. The van der Waals surface area contributed by atoms with Crippen LogP contribution in [0, 0.1) is 33.6 Å². The molecule has 0 spiro atoms. The van der Waals surface area contributed by atoms with Gasteiger partial charge in [-0.25, -0.2) is 4.79 Å². The van der Waals surface area contributed by atoms with Gasteiger partial charge < -0.3 is 9.84 Å². The predicted octanol–water partition coefficient (Wildman–Crippen LogP) is 4.95. The summed E-state index contributed by atoms with van der Waals surface area (Å²) in [5, 5.41) is 10.7. The Morgan fingerprint density at radius 2 is 1.66 bits per heavy atom. The molecule has 0 bridgehead atoms. The van der Waals surface area contributed by atoms with Gasteiger partial charge in [0.25, 0.3) is 0 Å². The van der Waals surface area contributed by atoms with Crippen LogP contribution >= 0.6 is 0 Å². The zero-order chi connectivity index (χ0) is 21.3. The van der Waals surface area contributed by atoms with Crippen molar-refractivity contribution in [2.75, 3.05) is 5.75 Å². The number of carbonyl (C=O) groups is 1. The molecule has 4 nitrogen and oxygen atoms in total. The van der Waals surface area contributed by atoms with Crippen LogP contribution in [0.15, 0.2) is 47.1 Å². The van der Waals surface area contributed by atoms with Gasteiger partial charge in [0.15, 0.2) is 0 Å². The molecule has 3 atom stereocenters. The summed E-state index contributed by atoms with van der Waals surface area (Å²) in [5.41, 5.74) is 5.10. The second kappa shape index (κ2) is 8.54. The largest absolute Gasteiger partial charge is 0.511 e. The Bertz CT molecular complexity index is 965. The van der Waals surface area contributed by atoms with Crippen molar-refractivity contribution >= 4 is 22.3 Å². The summed E-state index contributed by atoms with van der Waals surface area (Å²) in [6.07, 6.45) is -0.258. The maximum absolute atomic E-state index is 12.8. The molecule has 1 heterocycles. The van der Waals surface area contributed by atoms with Gasteiger partial charge in [-0.1, -0.05) is 42.3 Å². The van der Waals surface area contributed by atoms with E-state index in [9.17, 15) is 14.1 Å². The molecule has 3 rings (SSSR count). The number of hydrogen-bond donors (Lipinski definition) is 1. The van der Waals surface area contributed by atoms with Gasteiger partial charge in [-0.2, -0.15) is 0 Å². The van der Waals surface area contributed by atoms with E-state index in [4.69, 9.17) is 4.74 Å². The number of hydrogen-bond acceptors (Lipinski definition) is 4. The van der Waals surface area contributed by atoms with Crippen molar-refractivity contribution in [2.24, 2.45) is 5.92 Å². The molecule has 154 valence electrons. The van der Waals surface area contributed by atoms with Crippen molar-refractivity contribution in [3.05, 3.63) is 70.0 Å².